The summed E-state index contributed by atoms with van der Waals surface area (Å²) in [5.74, 6) is 0.710. The third-order valence-electron chi connectivity index (χ3n) is 2.69. The number of ketones is 1. The SMILES string of the molecule is Cc1cc(CC(=O)CSc2ccc(Br)cc2)n(C)n1. The minimum atomic E-state index is 0.218. The van der Waals surface area contributed by atoms with E-state index >= 15 is 0 Å². The third-order valence-corrected chi connectivity index (χ3v) is 4.29. The molecule has 0 aliphatic heterocycles. The predicted octanol–water partition coefficient (Wildman–Crippen LogP) is 3.39. The fourth-order valence-electron chi connectivity index (χ4n) is 1.78. The molecule has 0 unspecified atom stereocenters. The maximum atomic E-state index is 11.9. The van der Waals surface area contributed by atoms with Gasteiger partial charge in [-0.25, -0.2) is 0 Å². The van der Waals surface area contributed by atoms with Gasteiger partial charge in [0.1, 0.15) is 5.78 Å². The molecule has 0 aliphatic carbocycles. The van der Waals surface area contributed by atoms with Gasteiger partial charge in [-0.1, -0.05) is 15.9 Å². The van der Waals surface area contributed by atoms with Gasteiger partial charge in [0.15, 0.2) is 0 Å². The zero-order valence-electron chi connectivity index (χ0n) is 10.9. The van der Waals surface area contributed by atoms with E-state index in [1.807, 2.05) is 44.3 Å². The number of Topliss-reactive ketones (excluding diaryl/α,β-unsaturated/α-hetero) is 1. The molecular weight excluding hydrogens is 324 g/mol. The largest absolute Gasteiger partial charge is 0.298 e. The van der Waals surface area contributed by atoms with Crippen LogP contribution < -0.4 is 0 Å². The van der Waals surface area contributed by atoms with Crippen molar-refractivity contribution in [3.05, 3.63) is 46.2 Å². The number of carbonyl (C=O) groups excluding carboxylic acids is 1. The zero-order valence-corrected chi connectivity index (χ0v) is 13.3. The fourth-order valence-corrected chi connectivity index (χ4v) is 2.80. The molecule has 0 aliphatic rings. The van der Waals surface area contributed by atoms with Crippen molar-refractivity contribution in [1.82, 2.24) is 9.78 Å². The van der Waals surface area contributed by atoms with Crippen LogP contribution in [0, 0.1) is 6.92 Å². The van der Waals surface area contributed by atoms with Crippen LogP contribution in [0.5, 0.6) is 0 Å². The average molecular weight is 339 g/mol. The highest BCUT2D eigenvalue weighted by Crippen LogP contribution is 2.21. The average Bonchev–Trinajstić information content (AvgIpc) is 2.67. The maximum Gasteiger partial charge on any atom is 0.149 e. The predicted molar refractivity (Wildman–Crippen MR) is 81.5 cm³/mol. The second-order valence-corrected chi connectivity index (χ2v) is 6.32. The molecule has 100 valence electrons. The van der Waals surface area contributed by atoms with Crippen molar-refractivity contribution >= 4 is 33.5 Å². The second kappa shape index (κ2) is 6.39. The van der Waals surface area contributed by atoms with Crippen LogP contribution in [0.25, 0.3) is 0 Å². The van der Waals surface area contributed by atoms with Crippen molar-refractivity contribution in [1.29, 1.82) is 0 Å². The van der Waals surface area contributed by atoms with Crippen LogP contribution >= 0.6 is 27.7 Å². The minimum absolute atomic E-state index is 0.218. The normalized spacial score (nSPS) is 10.7. The van der Waals surface area contributed by atoms with E-state index in [0.29, 0.717) is 12.2 Å². The summed E-state index contributed by atoms with van der Waals surface area (Å²) < 4.78 is 2.82. The van der Waals surface area contributed by atoms with Crippen LogP contribution in [0.15, 0.2) is 39.7 Å². The van der Waals surface area contributed by atoms with E-state index < -0.39 is 0 Å². The van der Waals surface area contributed by atoms with Gasteiger partial charge in [0.25, 0.3) is 0 Å². The molecule has 0 amide bonds. The number of halogens is 1. The molecule has 19 heavy (non-hydrogen) atoms. The number of hydrogen-bond acceptors (Lipinski definition) is 3. The zero-order chi connectivity index (χ0) is 13.8. The van der Waals surface area contributed by atoms with Gasteiger partial charge in [-0.05, 0) is 37.3 Å². The number of rotatable bonds is 5. The van der Waals surface area contributed by atoms with E-state index in [1.165, 1.54) is 0 Å². The van der Waals surface area contributed by atoms with Crippen LogP contribution in [-0.2, 0) is 18.3 Å². The summed E-state index contributed by atoms with van der Waals surface area (Å²) in [6, 6.07) is 9.95. The summed E-state index contributed by atoms with van der Waals surface area (Å²) >= 11 is 4.96. The smallest absolute Gasteiger partial charge is 0.149 e. The molecule has 1 heterocycles. The molecule has 2 aromatic rings. The van der Waals surface area contributed by atoms with Crippen LogP contribution in [0.1, 0.15) is 11.4 Å². The van der Waals surface area contributed by atoms with Crippen molar-refractivity contribution in [2.24, 2.45) is 7.05 Å². The first kappa shape index (κ1) is 14.3. The van der Waals surface area contributed by atoms with Crippen molar-refractivity contribution in [3.8, 4) is 0 Å². The van der Waals surface area contributed by atoms with Crippen LogP contribution in [0.4, 0.5) is 0 Å². The highest BCUT2D eigenvalue weighted by molar-refractivity contribution is 9.10. The molecule has 0 saturated heterocycles. The van der Waals surface area contributed by atoms with Crippen molar-refractivity contribution in [2.75, 3.05) is 5.75 Å². The molecule has 1 aromatic heterocycles. The molecular formula is C14H15BrN2OS. The molecule has 0 fully saturated rings. The van der Waals surface area contributed by atoms with Gasteiger partial charge in [0, 0.05) is 28.5 Å². The molecule has 5 heteroatoms. The third kappa shape index (κ3) is 4.21. The highest BCUT2D eigenvalue weighted by atomic mass is 79.9. The summed E-state index contributed by atoms with van der Waals surface area (Å²) in [5, 5.41) is 4.24. The van der Waals surface area contributed by atoms with Gasteiger partial charge in [0.05, 0.1) is 11.4 Å². The van der Waals surface area contributed by atoms with Crippen molar-refractivity contribution in [3.63, 3.8) is 0 Å². The lowest BCUT2D eigenvalue weighted by atomic mass is 10.2. The van der Waals surface area contributed by atoms with Gasteiger partial charge < -0.3 is 0 Å². The Bertz CT molecular complexity index is 578. The van der Waals surface area contributed by atoms with Gasteiger partial charge in [-0.3, -0.25) is 9.48 Å². The summed E-state index contributed by atoms with van der Waals surface area (Å²) in [7, 11) is 1.87. The Morgan fingerprint density at radius 1 is 1.37 bits per heavy atom. The molecule has 0 saturated carbocycles. The quantitative estimate of drug-likeness (QED) is 0.783. The second-order valence-electron chi connectivity index (χ2n) is 4.36. The molecule has 2 rings (SSSR count). The number of benzene rings is 1. The standard InChI is InChI=1S/C14H15BrN2OS/c1-10-7-12(17(2)16-10)8-13(18)9-19-14-5-3-11(15)4-6-14/h3-7H,8-9H2,1-2H3. The van der Waals surface area contributed by atoms with Gasteiger partial charge >= 0.3 is 0 Å². The van der Waals surface area contributed by atoms with Crippen LogP contribution in [0.3, 0.4) is 0 Å². The first-order valence-corrected chi connectivity index (χ1v) is 7.72. The van der Waals surface area contributed by atoms with E-state index in [9.17, 15) is 4.79 Å². The monoisotopic (exact) mass is 338 g/mol. The Labute approximate surface area is 125 Å². The van der Waals surface area contributed by atoms with Gasteiger partial charge in [0.2, 0.25) is 0 Å². The molecule has 0 bridgehead atoms. The summed E-state index contributed by atoms with van der Waals surface area (Å²) in [5.41, 5.74) is 1.92. The van der Waals surface area contributed by atoms with Crippen molar-refractivity contribution < 1.29 is 4.79 Å². The summed E-state index contributed by atoms with van der Waals surface area (Å²) in [6.07, 6.45) is 0.445. The van der Waals surface area contributed by atoms with Crippen molar-refractivity contribution in [2.45, 2.75) is 18.2 Å². The minimum Gasteiger partial charge on any atom is -0.298 e. The molecule has 0 N–H and O–H groups in total. The fraction of sp³-hybridized carbons (Fsp3) is 0.286. The van der Waals surface area contributed by atoms with Gasteiger partial charge in [-0.15, -0.1) is 11.8 Å². The van der Waals surface area contributed by atoms with E-state index in [4.69, 9.17) is 0 Å². The van der Waals surface area contributed by atoms with Gasteiger partial charge in [-0.2, -0.15) is 5.10 Å². The highest BCUT2D eigenvalue weighted by Gasteiger charge is 2.09. The number of nitrogens with zero attached hydrogens (tertiary/aromatic N) is 2. The summed E-state index contributed by atoms with van der Waals surface area (Å²) in [6.45, 7) is 1.94. The molecule has 3 nitrogen and oxygen atoms in total. The van der Waals surface area contributed by atoms with Crippen LogP contribution in [0.2, 0.25) is 0 Å². The van der Waals surface area contributed by atoms with E-state index in [1.54, 1.807) is 16.4 Å². The molecule has 0 radical (unpaired) electrons. The Balaban J connectivity index is 1.88. The Morgan fingerprint density at radius 3 is 2.63 bits per heavy atom. The Kier molecular flexibility index (Phi) is 4.82. The number of aromatic nitrogens is 2. The Hall–Kier alpha value is -1.07. The lowest BCUT2D eigenvalue weighted by Gasteiger charge is -2.02. The summed E-state index contributed by atoms with van der Waals surface area (Å²) in [4.78, 5) is 13.1. The topological polar surface area (TPSA) is 34.9 Å². The van der Waals surface area contributed by atoms with Crippen LogP contribution in [-0.4, -0.2) is 21.3 Å². The van der Waals surface area contributed by atoms with E-state index in [-0.39, 0.29) is 5.78 Å². The molecule has 0 atom stereocenters. The van der Waals surface area contributed by atoms with E-state index in [2.05, 4.69) is 21.0 Å². The molecule has 1 aromatic carbocycles. The number of carbonyl (C=O) groups is 1. The maximum absolute atomic E-state index is 11.9. The number of hydrogen-bond donors (Lipinski definition) is 0. The van der Waals surface area contributed by atoms with E-state index in [0.717, 1.165) is 20.8 Å². The first-order valence-electron chi connectivity index (χ1n) is 5.94. The Morgan fingerprint density at radius 2 is 2.05 bits per heavy atom. The number of aryl methyl sites for hydroxylation is 2. The first-order chi connectivity index (χ1) is 9.04. The molecule has 0 spiro atoms. The number of thioether (sulfide) groups is 1. The lowest BCUT2D eigenvalue weighted by Crippen LogP contribution is -2.09. The lowest BCUT2D eigenvalue weighted by molar-refractivity contribution is -0.116.